The number of fused-ring (bicyclic) bond motifs is 3. The zero-order valence-corrected chi connectivity index (χ0v) is 14.8. The highest BCUT2D eigenvalue weighted by atomic mass is 16.6. The van der Waals surface area contributed by atoms with Crippen LogP contribution in [-0.2, 0) is 0 Å². The van der Waals surface area contributed by atoms with E-state index in [1.54, 1.807) is 12.1 Å². The van der Waals surface area contributed by atoms with E-state index in [-0.39, 0.29) is 10.6 Å². The van der Waals surface area contributed by atoms with Gasteiger partial charge in [0.1, 0.15) is 0 Å². The number of rotatable bonds is 3. The van der Waals surface area contributed by atoms with Crippen molar-refractivity contribution in [3.63, 3.8) is 0 Å². The highest BCUT2D eigenvalue weighted by Crippen LogP contribution is 2.41. The maximum absolute atomic E-state index is 11.6. The van der Waals surface area contributed by atoms with Crippen molar-refractivity contribution in [1.82, 2.24) is 9.78 Å². The molecule has 1 N–H and O–H groups in total. The maximum atomic E-state index is 11.6. The Balaban J connectivity index is 1.73. The van der Waals surface area contributed by atoms with Crippen LogP contribution < -0.4 is 5.32 Å². The molecule has 1 aliphatic heterocycles. The third-order valence-electron chi connectivity index (χ3n) is 4.97. The average Bonchev–Trinajstić information content (AvgIpc) is 3.19. The lowest BCUT2D eigenvalue weighted by Crippen LogP contribution is -2.26. The summed E-state index contributed by atoms with van der Waals surface area (Å²) in [5, 5.41) is 19.8. The average molecular weight is 368 g/mol. The Hall–Kier alpha value is -3.93. The molecule has 5 rings (SSSR count). The number of nitrogens with zero attached hydrogens (tertiary/aromatic N) is 3. The minimum absolute atomic E-state index is 0.0714. The normalized spacial score (nSPS) is 14.6. The van der Waals surface area contributed by atoms with Gasteiger partial charge >= 0.3 is 0 Å². The monoisotopic (exact) mass is 368 g/mol. The number of hydrogen-bond acceptors (Lipinski definition) is 4. The lowest BCUT2D eigenvalue weighted by molar-refractivity contribution is -0.385. The molecule has 2 heterocycles. The molecule has 0 bridgehead atoms. The molecule has 6 nitrogen and oxygen atoms in total. The van der Waals surface area contributed by atoms with Crippen LogP contribution in [0.15, 0.2) is 84.9 Å². The first-order valence-electron chi connectivity index (χ1n) is 8.96. The molecule has 1 unspecified atom stereocenters. The number of nitro groups is 1. The van der Waals surface area contributed by atoms with Crippen molar-refractivity contribution in [2.24, 2.45) is 0 Å². The first-order valence-corrected chi connectivity index (χ1v) is 8.96. The molecule has 136 valence electrons. The molecule has 28 heavy (non-hydrogen) atoms. The molecule has 6 heteroatoms. The molecule has 1 atom stereocenters. The fourth-order valence-corrected chi connectivity index (χ4v) is 3.68. The molecule has 0 aliphatic carbocycles. The summed E-state index contributed by atoms with van der Waals surface area (Å²) in [4.78, 5) is 11.2. The van der Waals surface area contributed by atoms with Gasteiger partial charge in [-0.1, -0.05) is 60.7 Å². The number of nitro benzene ring substituents is 1. The van der Waals surface area contributed by atoms with E-state index >= 15 is 0 Å². The van der Waals surface area contributed by atoms with E-state index in [0.717, 1.165) is 28.2 Å². The Kier molecular flexibility index (Phi) is 3.69. The van der Waals surface area contributed by atoms with Crippen molar-refractivity contribution in [2.75, 3.05) is 5.32 Å². The lowest BCUT2D eigenvalue weighted by atomic mass is 10.0. The minimum Gasteiger partial charge on any atom is -0.359 e. The summed E-state index contributed by atoms with van der Waals surface area (Å²) in [6, 6.07) is 26.7. The Morgan fingerprint density at radius 2 is 1.64 bits per heavy atom. The standard InChI is InChI=1S/C22H16N4O2/c27-26(28)20-13-7-5-11-17(20)22-23-18-12-6-4-10-16(18)21-14-19(24-25(21)22)15-8-2-1-3-9-15/h1-14,22-23H. The van der Waals surface area contributed by atoms with Gasteiger partial charge in [-0.25, -0.2) is 4.68 Å². The topological polar surface area (TPSA) is 73.0 Å². The van der Waals surface area contributed by atoms with Crippen molar-refractivity contribution in [1.29, 1.82) is 0 Å². The first-order chi connectivity index (χ1) is 13.7. The highest BCUT2D eigenvalue weighted by molar-refractivity contribution is 5.81. The second kappa shape index (κ2) is 6.35. The molecule has 0 saturated carbocycles. The van der Waals surface area contributed by atoms with Crippen molar-refractivity contribution in [3.05, 3.63) is 101 Å². The predicted molar refractivity (Wildman–Crippen MR) is 108 cm³/mol. The van der Waals surface area contributed by atoms with Gasteiger partial charge in [0.05, 0.1) is 21.9 Å². The molecule has 0 spiro atoms. The van der Waals surface area contributed by atoms with Crippen LogP contribution in [0.5, 0.6) is 0 Å². The second-order valence-electron chi connectivity index (χ2n) is 6.63. The van der Waals surface area contributed by atoms with E-state index in [9.17, 15) is 10.1 Å². The Labute approximate surface area is 161 Å². The fraction of sp³-hybridized carbons (Fsp3) is 0.0455. The smallest absolute Gasteiger partial charge is 0.276 e. The van der Waals surface area contributed by atoms with Crippen LogP contribution in [0.4, 0.5) is 11.4 Å². The van der Waals surface area contributed by atoms with Crippen LogP contribution in [0.2, 0.25) is 0 Å². The second-order valence-corrected chi connectivity index (χ2v) is 6.63. The van der Waals surface area contributed by atoms with Crippen molar-refractivity contribution in [3.8, 4) is 22.5 Å². The Morgan fingerprint density at radius 1 is 0.929 bits per heavy atom. The highest BCUT2D eigenvalue weighted by Gasteiger charge is 2.31. The van der Waals surface area contributed by atoms with Gasteiger partial charge in [-0.05, 0) is 18.2 Å². The predicted octanol–water partition coefficient (Wildman–Crippen LogP) is 5.10. The molecule has 4 aromatic rings. The molecule has 0 fully saturated rings. The summed E-state index contributed by atoms with van der Waals surface area (Å²) < 4.78 is 1.84. The van der Waals surface area contributed by atoms with Crippen LogP contribution in [-0.4, -0.2) is 14.7 Å². The fourth-order valence-electron chi connectivity index (χ4n) is 3.68. The SMILES string of the molecule is O=[N+]([O-])c1ccccc1C1Nc2ccccc2-c2cc(-c3ccccc3)nn21. The van der Waals surface area contributed by atoms with E-state index in [0.29, 0.717) is 5.56 Å². The van der Waals surface area contributed by atoms with Crippen LogP contribution in [0.1, 0.15) is 11.7 Å². The molecule has 0 radical (unpaired) electrons. The summed E-state index contributed by atoms with van der Waals surface area (Å²) in [7, 11) is 0. The van der Waals surface area contributed by atoms with Crippen LogP contribution in [0.3, 0.4) is 0 Å². The van der Waals surface area contributed by atoms with Gasteiger partial charge < -0.3 is 5.32 Å². The summed E-state index contributed by atoms with van der Waals surface area (Å²) in [5.41, 5.74) is 5.36. The third kappa shape index (κ3) is 2.54. The molecule has 1 aliphatic rings. The number of benzene rings is 3. The number of hydrogen-bond donors (Lipinski definition) is 1. The zero-order chi connectivity index (χ0) is 19.1. The van der Waals surface area contributed by atoms with Crippen LogP contribution >= 0.6 is 0 Å². The van der Waals surface area contributed by atoms with E-state index in [2.05, 4.69) is 5.32 Å². The summed E-state index contributed by atoms with van der Waals surface area (Å²) in [6.45, 7) is 0. The Bertz CT molecular complexity index is 1180. The van der Waals surface area contributed by atoms with Crippen molar-refractivity contribution >= 4 is 11.4 Å². The summed E-state index contributed by atoms with van der Waals surface area (Å²) in [5.74, 6) is 0. The van der Waals surface area contributed by atoms with E-state index in [1.165, 1.54) is 6.07 Å². The van der Waals surface area contributed by atoms with E-state index in [1.807, 2.05) is 71.4 Å². The van der Waals surface area contributed by atoms with Gasteiger partial charge in [-0.3, -0.25) is 10.1 Å². The van der Waals surface area contributed by atoms with E-state index in [4.69, 9.17) is 5.10 Å². The van der Waals surface area contributed by atoms with E-state index < -0.39 is 6.17 Å². The molecular formula is C22H16N4O2. The number of para-hydroxylation sites is 2. The number of anilines is 1. The number of nitrogens with one attached hydrogen (secondary N) is 1. The van der Waals surface area contributed by atoms with Gasteiger partial charge in [-0.15, -0.1) is 0 Å². The molecule has 0 amide bonds. The third-order valence-corrected chi connectivity index (χ3v) is 4.97. The summed E-state index contributed by atoms with van der Waals surface area (Å²) in [6.07, 6.45) is -0.469. The molecule has 0 saturated heterocycles. The largest absolute Gasteiger partial charge is 0.359 e. The van der Waals surface area contributed by atoms with Crippen molar-refractivity contribution < 1.29 is 4.92 Å². The van der Waals surface area contributed by atoms with Gasteiger partial charge in [0.25, 0.3) is 5.69 Å². The number of aromatic nitrogens is 2. The van der Waals surface area contributed by atoms with Gasteiger partial charge in [0.15, 0.2) is 6.17 Å². The lowest BCUT2D eigenvalue weighted by Gasteiger charge is -2.28. The molecular weight excluding hydrogens is 352 g/mol. The zero-order valence-electron chi connectivity index (χ0n) is 14.8. The van der Waals surface area contributed by atoms with Gasteiger partial charge in [0.2, 0.25) is 0 Å². The minimum atomic E-state index is -0.469. The molecule has 1 aromatic heterocycles. The molecule has 3 aromatic carbocycles. The van der Waals surface area contributed by atoms with Crippen LogP contribution in [0.25, 0.3) is 22.5 Å². The van der Waals surface area contributed by atoms with Crippen LogP contribution in [0, 0.1) is 10.1 Å². The van der Waals surface area contributed by atoms with Gasteiger partial charge in [-0.2, -0.15) is 5.10 Å². The van der Waals surface area contributed by atoms with Crippen molar-refractivity contribution in [2.45, 2.75) is 6.17 Å². The Morgan fingerprint density at radius 3 is 2.46 bits per heavy atom. The quantitative estimate of drug-likeness (QED) is 0.403. The first kappa shape index (κ1) is 16.3. The maximum Gasteiger partial charge on any atom is 0.276 e. The van der Waals surface area contributed by atoms with Gasteiger partial charge in [0, 0.05) is 22.9 Å². The summed E-state index contributed by atoms with van der Waals surface area (Å²) >= 11 is 0.